The zero-order chi connectivity index (χ0) is 10.9. The molecule has 0 aliphatic carbocycles. The summed E-state index contributed by atoms with van der Waals surface area (Å²) < 4.78 is 22.2. The second kappa shape index (κ2) is 2.97. The fraction of sp³-hybridized carbons (Fsp3) is 0.300. The third-order valence-corrected chi connectivity index (χ3v) is 1.94. The average Bonchev–Trinajstić information content (AvgIpc) is 2.67. The minimum Gasteiger partial charge on any atom is -0.374 e. The molecule has 1 aliphatic rings. The van der Waals surface area contributed by atoms with Crippen LogP contribution in [0.3, 0.4) is 0 Å². The van der Waals surface area contributed by atoms with Gasteiger partial charge < -0.3 is 4.90 Å². The van der Waals surface area contributed by atoms with E-state index in [-0.39, 0.29) is 0 Å². The summed E-state index contributed by atoms with van der Waals surface area (Å²) in [6.45, 7) is -1.50. The van der Waals surface area contributed by atoms with Gasteiger partial charge in [-0.25, -0.2) is 0 Å². The summed E-state index contributed by atoms with van der Waals surface area (Å²) in [6, 6.07) is 3.69. The molecule has 62 valence electrons. The van der Waals surface area contributed by atoms with Crippen molar-refractivity contribution in [2.75, 3.05) is 13.5 Å². The van der Waals surface area contributed by atoms with E-state index in [2.05, 4.69) is 4.98 Å². The van der Waals surface area contributed by atoms with Gasteiger partial charge in [0.05, 0.1) is 0 Å². The summed E-state index contributed by atoms with van der Waals surface area (Å²) in [5.41, 5.74) is 1.63. The van der Waals surface area contributed by atoms with Gasteiger partial charge in [-0.15, -0.1) is 0 Å². The highest BCUT2D eigenvalue weighted by atomic mass is 15.1. The summed E-state index contributed by atoms with van der Waals surface area (Å²) in [5, 5.41) is 0. The highest BCUT2D eigenvalue weighted by Gasteiger charge is 2.11. The molecule has 0 N–H and O–H groups in total. The Morgan fingerprint density at radius 1 is 1.67 bits per heavy atom. The van der Waals surface area contributed by atoms with Crippen molar-refractivity contribution in [1.82, 2.24) is 9.88 Å². The van der Waals surface area contributed by atoms with E-state index in [0.717, 1.165) is 17.7 Å². The Hall–Kier alpha value is -1.31. The molecule has 1 aromatic rings. The van der Waals surface area contributed by atoms with Gasteiger partial charge in [-0.3, -0.25) is 4.98 Å². The van der Waals surface area contributed by atoms with Crippen molar-refractivity contribution < 1.29 is 4.11 Å². The van der Waals surface area contributed by atoms with E-state index in [0.29, 0.717) is 6.54 Å². The molecule has 12 heavy (non-hydrogen) atoms. The molecule has 1 aliphatic heterocycles. The summed E-state index contributed by atoms with van der Waals surface area (Å²) in [4.78, 5) is 5.44. The van der Waals surface area contributed by atoms with Crippen molar-refractivity contribution in [2.24, 2.45) is 0 Å². The van der Waals surface area contributed by atoms with Gasteiger partial charge in [-0.05, 0) is 18.6 Å². The van der Waals surface area contributed by atoms with Gasteiger partial charge in [0, 0.05) is 41.3 Å². The maximum Gasteiger partial charge on any atom is 0.0456 e. The van der Waals surface area contributed by atoms with Crippen LogP contribution >= 0.6 is 0 Å². The van der Waals surface area contributed by atoms with E-state index in [4.69, 9.17) is 4.11 Å². The first-order valence-electron chi connectivity index (χ1n) is 5.47. The van der Waals surface area contributed by atoms with E-state index < -0.39 is 6.98 Å². The van der Waals surface area contributed by atoms with Crippen LogP contribution in [-0.2, 0) is 0 Å². The van der Waals surface area contributed by atoms with E-state index >= 15 is 0 Å². The Balaban J connectivity index is 2.30. The molecule has 0 atom stereocenters. The molecule has 0 bridgehead atoms. The maximum absolute atomic E-state index is 7.41. The Labute approximate surface area is 76.8 Å². The summed E-state index contributed by atoms with van der Waals surface area (Å²) in [6.07, 6.45) is 6.10. The predicted molar refractivity (Wildman–Crippen MR) is 49.5 cm³/mol. The van der Waals surface area contributed by atoms with Crippen LogP contribution in [0.4, 0.5) is 0 Å². The average molecular weight is 163 g/mol. The topological polar surface area (TPSA) is 16.1 Å². The lowest BCUT2D eigenvalue weighted by molar-refractivity contribution is 0.517. The van der Waals surface area contributed by atoms with Crippen LogP contribution < -0.4 is 0 Å². The molecule has 1 aromatic heterocycles. The highest BCUT2D eigenvalue weighted by Crippen LogP contribution is 2.22. The van der Waals surface area contributed by atoms with Crippen molar-refractivity contribution >= 4 is 5.70 Å². The van der Waals surface area contributed by atoms with Crippen LogP contribution in [-0.4, -0.2) is 23.4 Å². The van der Waals surface area contributed by atoms with Crippen LogP contribution in [0.5, 0.6) is 0 Å². The Kier molecular flexibility index (Phi) is 1.15. The van der Waals surface area contributed by atoms with E-state index in [1.54, 1.807) is 12.4 Å². The summed E-state index contributed by atoms with van der Waals surface area (Å²) in [5.74, 6) is 0. The lowest BCUT2D eigenvalue weighted by Crippen LogP contribution is -2.11. The Morgan fingerprint density at radius 2 is 2.67 bits per heavy atom. The second-order valence-corrected chi connectivity index (χ2v) is 2.77. The molecule has 2 heteroatoms. The summed E-state index contributed by atoms with van der Waals surface area (Å²) in [7, 11) is 0. The van der Waals surface area contributed by atoms with Crippen LogP contribution in [0.15, 0.2) is 30.6 Å². The molecular formula is C10H12N2. The fourth-order valence-electron chi connectivity index (χ4n) is 1.35. The number of rotatable bonds is 1. The molecular weight excluding hydrogens is 148 g/mol. The lowest BCUT2D eigenvalue weighted by atomic mass is 10.2. The molecule has 0 unspecified atom stereocenters. The Morgan fingerprint density at radius 3 is 3.42 bits per heavy atom. The predicted octanol–water partition coefficient (Wildman–Crippen LogP) is 1.76. The van der Waals surface area contributed by atoms with Crippen molar-refractivity contribution in [3.63, 3.8) is 0 Å². The van der Waals surface area contributed by atoms with E-state index in [1.807, 2.05) is 18.2 Å². The van der Waals surface area contributed by atoms with E-state index in [9.17, 15) is 0 Å². The molecule has 2 heterocycles. The van der Waals surface area contributed by atoms with Gasteiger partial charge in [-0.2, -0.15) is 0 Å². The Bertz CT molecular complexity index is 370. The first-order valence-corrected chi connectivity index (χ1v) is 3.97. The first kappa shape index (κ1) is 4.65. The molecule has 0 fully saturated rings. The zero-order valence-electron chi connectivity index (χ0n) is 9.70. The monoisotopic (exact) mass is 163 g/mol. The van der Waals surface area contributed by atoms with Gasteiger partial charge in [-0.1, -0.05) is 6.08 Å². The number of hydrogen-bond acceptors (Lipinski definition) is 2. The normalized spacial score (nSPS) is 21.2. The largest absolute Gasteiger partial charge is 0.374 e. The zero-order valence-corrected chi connectivity index (χ0v) is 6.70. The number of hydrogen-bond donors (Lipinski definition) is 0. The first-order chi connectivity index (χ1) is 7.09. The van der Waals surface area contributed by atoms with Crippen molar-refractivity contribution in [3.05, 3.63) is 36.2 Å². The third kappa shape index (κ3) is 1.20. The van der Waals surface area contributed by atoms with Gasteiger partial charge in [0.2, 0.25) is 0 Å². The van der Waals surface area contributed by atoms with Gasteiger partial charge >= 0.3 is 0 Å². The van der Waals surface area contributed by atoms with Crippen LogP contribution in [0.25, 0.3) is 5.70 Å². The van der Waals surface area contributed by atoms with E-state index in [1.165, 1.54) is 4.90 Å². The van der Waals surface area contributed by atoms with Crippen molar-refractivity contribution in [1.29, 1.82) is 0 Å². The standard InChI is InChI=1S/C10H12N2/c1-12-7-3-5-10(12)9-4-2-6-11-8-9/h2,4-6,8H,3,7H2,1H3/i1D3. The molecule has 0 saturated heterocycles. The molecule has 0 saturated carbocycles. The summed E-state index contributed by atoms with van der Waals surface area (Å²) >= 11 is 0. The van der Waals surface area contributed by atoms with Crippen LogP contribution in [0, 0.1) is 0 Å². The fourth-order valence-corrected chi connectivity index (χ4v) is 1.35. The molecule has 2 nitrogen and oxygen atoms in total. The van der Waals surface area contributed by atoms with Crippen LogP contribution in [0.1, 0.15) is 16.1 Å². The number of nitrogens with zero attached hydrogens (tertiary/aromatic N) is 2. The van der Waals surface area contributed by atoms with Crippen LogP contribution in [0.2, 0.25) is 0 Å². The number of pyridine rings is 1. The quantitative estimate of drug-likeness (QED) is 0.627. The smallest absolute Gasteiger partial charge is 0.0456 e. The maximum atomic E-state index is 7.41. The van der Waals surface area contributed by atoms with Crippen molar-refractivity contribution in [2.45, 2.75) is 6.42 Å². The third-order valence-electron chi connectivity index (χ3n) is 1.94. The molecule has 0 aromatic carbocycles. The SMILES string of the molecule is [2H]C([2H])([2H])N1CCC=C1c1cccnc1. The lowest BCUT2D eigenvalue weighted by Gasteiger charge is -2.15. The van der Waals surface area contributed by atoms with Gasteiger partial charge in [0.15, 0.2) is 0 Å². The minimum absolute atomic E-state index is 0.556. The van der Waals surface area contributed by atoms with Gasteiger partial charge in [0.1, 0.15) is 0 Å². The molecule has 2 rings (SSSR count). The molecule has 0 spiro atoms. The van der Waals surface area contributed by atoms with Gasteiger partial charge in [0.25, 0.3) is 0 Å². The molecule has 0 amide bonds. The van der Waals surface area contributed by atoms with Crippen molar-refractivity contribution in [3.8, 4) is 0 Å². The second-order valence-electron chi connectivity index (χ2n) is 2.77. The minimum atomic E-state index is -2.06. The number of aromatic nitrogens is 1. The highest BCUT2D eigenvalue weighted by molar-refractivity contribution is 5.64. The molecule has 0 radical (unpaired) electrons.